The molecule has 0 spiro atoms. The van der Waals surface area contributed by atoms with Crippen molar-refractivity contribution in [1.29, 1.82) is 0 Å². The zero-order valence-electron chi connectivity index (χ0n) is 25.4. The van der Waals surface area contributed by atoms with Gasteiger partial charge in [0.25, 0.3) is 5.91 Å². The molecule has 0 bridgehead atoms. The number of nitrogens with one attached hydrogen (secondary N) is 1. The lowest BCUT2D eigenvalue weighted by atomic mass is 9.96. The second kappa shape index (κ2) is 13.8. The molecule has 0 saturated heterocycles. The minimum absolute atomic E-state index is 0. The summed E-state index contributed by atoms with van der Waals surface area (Å²) in [4.78, 5) is 31.2. The van der Waals surface area contributed by atoms with Gasteiger partial charge in [-0.1, -0.05) is 20.6 Å². The van der Waals surface area contributed by atoms with Crippen LogP contribution in [-0.2, 0) is 19.3 Å². The fourth-order valence-corrected chi connectivity index (χ4v) is 0.398. The topological polar surface area (TPSA) is 88.1 Å². The minimum Gasteiger partial charge on any atom is -0.481 e. The molecule has 1 amide bonds. The van der Waals surface area contributed by atoms with E-state index < -0.39 is 50.1 Å². The quantitative estimate of drug-likeness (QED) is 0.738. The Morgan fingerprint density at radius 3 is 1.64 bits per heavy atom. The Hall–Kier alpha value is -0.890. The average Bonchev–Trinajstić information content (AvgIpc) is 2.62. The van der Waals surface area contributed by atoms with Crippen molar-refractivity contribution in [2.75, 3.05) is 28.3 Å². The number of carbonyl (C=O) groups excluding carboxylic acids is 1. The predicted octanol–water partition coefficient (Wildman–Crippen LogP) is 2.36. The van der Waals surface area contributed by atoms with Gasteiger partial charge in [-0.3, -0.25) is 14.4 Å². The predicted molar refractivity (Wildman–Crippen MR) is 89.6 cm³/mol. The molecule has 0 saturated carbocycles. The third-order valence-corrected chi connectivity index (χ3v) is 1.62. The summed E-state index contributed by atoms with van der Waals surface area (Å²) in [6.07, 6.45) is 0. The number of carboxylic acid groups (broad SMARTS) is 1. The van der Waals surface area contributed by atoms with E-state index in [1.807, 2.05) is 0 Å². The highest BCUT2D eigenvalue weighted by Gasteiger charge is 2.24. The Kier molecular flexibility index (Phi) is 6.30. The van der Waals surface area contributed by atoms with E-state index in [-0.39, 0.29) is 12.4 Å². The summed E-state index contributed by atoms with van der Waals surface area (Å²) < 4.78 is 84.4. The highest BCUT2D eigenvalue weighted by Crippen LogP contribution is 2.15. The number of halogens is 1. The fraction of sp³-hybridized carbons (Fsp3) is 0.857. The van der Waals surface area contributed by atoms with E-state index in [0.717, 1.165) is 21.1 Å². The lowest BCUT2D eigenvalue weighted by Crippen LogP contribution is -2.35. The third-order valence-electron chi connectivity index (χ3n) is 1.62. The van der Waals surface area contributed by atoms with Crippen LogP contribution in [0.3, 0.4) is 0 Å². The average molecular weight is 357 g/mol. The van der Waals surface area contributed by atoms with Crippen LogP contribution < -0.4 is 5.48 Å². The number of hydroxylamine groups is 3. The van der Waals surface area contributed by atoms with Gasteiger partial charge in [0, 0.05) is 36.0 Å². The van der Waals surface area contributed by atoms with Crippen molar-refractivity contribution in [2.45, 2.75) is 41.3 Å². The number of aliphatic carboxylic acids is 1. The van der Waals surface area contributed by atoms with Gasteiger partial charge in [-0.2, -0.15) is 0 Å². The lowest BCUT2D eigenvalue weighted by molar-refractivity contribution is -0.177. The van der Waals surface area contributed by atoms with Crippen LogP contribution in [0.5, 0.6) is 0 Å². The highest BCUT2D eigenvalue weighted by molar-refractivity contribution is 5.85. The van der Waals surface area contributed by atoms with Gasteiger partial charge in [0.2, 0.25) is 0 Å². The molecule has 0 fully saturated rings. The number of hydrogen-bond acceptors (Lipinski definition) is 5. The molecular weight excluding hydrogens is 312 g/mol. The molecule has 0 atom stereocenters. The molecule has 0 aromatic carbocycles. The molecule has 0 radical (unpaired) electrons. The van der Waals surface area contributed by atoms with Crippen LogP contribution >= 0.6 is 12.4 Å². The second-order valence-electron chi connectivity index (χ2n) is 3.95. The number of nitrogens with zero attached hydrogens (tertiary/aromatic N) is 1. The van der Waals surface area contributed by atoms with Crippen LogP contribution in [0.4, 0.5) is 0 Å². The van der Waals surface area contributed by atoms with Crippen LogP contribution in [0.2, 0.25) is 0 Å². The van der Waals surface area contributed by atoms with Crippen molar-refractivity contribution in [3.05, 3.63) is 0 Å². The summed E-state index contributed by atoms with van der Waals surface area (Å²) in [5.74, 6) is -2.94. The van der Waals surface area contributed by atoms with E-state index in [9.17, 15) is 9.59 Å². The number of hydrogen-bond donors (Lipinski definition) is 2. The first kappa shape index (κ1) is 10.1. The first-order chi connectivity index (χ1) is 14.2. The standard InChI is InChI=1S/C7H15NO2.C5H10O2.C2H7NO.ClH/c1-7(2,3)6(9)8(4)10-5;1-5(2,3)4(6)7;1-3-4-2;/h1-5H3;1-3H3,(H,6,7);3H,1-2H3;1H/i2*1D3,2D3;;. The van der Waals surface area contributed by atoms with Crippen LogP contribution in [0, 0.1) is 10.8 Å². The molecule has 0 aromatic rings. The molecule has 0 heterocycles. The Bertz CT molecular complexity index is 605. The van der Waals surface area contributed by atoms with Gasteiger partial charge in [-0.25, -0.2) is 10.5 Å². The van der Waals surface area contributed by atoms with Crippen molar-refractivity contribution < 1.29 is 40.8 Å². The molecule has 0 unspecified atom stereocenters. The van der Waals surface area contributed by atoms with E-state index in [4.69, 9.17) is 21.6 Å². The van der Waals surface area contributed by atoms with Crippen molar-refractivity contribution >= 4 is 24.3 Å². The SMILES string of the molecule is CNOC.Cl.[2H]C([2H])([2H])C(C)(C(=O)N(C)OC)C([2H])([2H])[2H].[2H]C([2H])([2H])C(C)(C(=O)O)C([2H])([2H])[2H]. The normalized spacial score (nSPS) is 20.5. The van der Waals surface area contributed by atoms with Crippen LogP contribution in [0.25, 0.3) is 0 Å². The molecule has 22 heavy (non-hydrogen) atoms. The van der Waals surface area contributed by atoms with Crippen LogP contribution in [0.1, 0.15) is 57.7 Å². The van der Waals surface area contributed by atoms with Gasteiger partial charge in [0.05, 0.1) is 19.6 Å². The third kappa shape index (κ3) is 19.1. The molecule has 0 aromatic heterocycles. The molecule has 2 N–H and O–H groups in total. The van der Waals surface area contributed by atoms with Gasteiger partial charge in [-0.05, 0) is 20.6 Å². The Morgan fingerprint density at radius 1 is 1.14 bits per heavy atom. The van der Waals surface area contributed by atoms with Crippen LogP contribution in [-0.4, -0.2) is 50.4 Å². The largest absolute Gasteiger partial charge is 0.481 e. The maximum absolute atomic E-state index is 11.8. The van der Waals surface area contributed by atoms with Crippen molar-refractivity contribution in [1.82, 2.24) is 10.5 Å². The highest BCUT2D eigenvalue weighted by atomic mass is 35.5. The molecular formula is C14H33ClN2O5. The number of amides is 1. The summed E-state index contributed by atoms with van der Waals surface area (Å²) in [6.45, 7) is -10.4. The fourth-order valence-electron chi connectivity index (χ4n) is 0.398. The summed E-state index contributed by atoms with van der Waals surface area (Å²) in [5, 5.41) is 9.19. The lowest BCUT2D eigenvalue weighted by Gasteiger charge is -2.23. The summed E-state index contributed by atoms with van der Waals surface area (Å²) in [5.41, 5.74) is -2.76. The van der Waals surface area contributed by atoms with Gasteiger partial charge in [-0.15, -0.1) is 12.4 Å². The number of carboxylic acids is 1. The second-order valence-corrected chi connectivity index (χ2v) is 3.95. The summed E-state index contributed by atoms with van der Waals surface area (Å²) in [7, 11) is 5.59. The molecule has 8 heteroatoms. The Morgan fingerprint density at radius 2 is 1.50 bits per heavy atom. The molecule has 0 aliphatic heterocycles. The van der Waals surface area contributed by atoms with Gasteiger partial charge >= 0.3 is 5.97 Å². The first-order valence-corrected chi connectivity index (χ1v) is 5.51. The van der Waals surface area contributed by atoms with Crippen molar-refractivity contribution in [2.24, 2.45) is 10.8 Å². The monoisotopic (exact) mass is 356 g/mol. The maximum atomic E-state index is 11.8. The van der Waals surface area contributed by atoms with Gasteiger partial charge in [0.15, 0.2) is 0 Å². The van der Waals surface area contributed by atoms with Crippen LogP contribution in [0.15, 0.2) is 0 Å². The van der Waals surface area contributed by atoms with Gasteiger partial charge in [0.1, 0.15) is 0 Å². The Labute approximate surface area is 157 Å². The molecule has 7 nitrogen and oxygen atoms in total. The van der Waals surface area contributed by atoms with E-state index >= 15 is 0 Å². The summed E-state index contributed by atoms with van der Waals surface area (Å²) in [6, 6.07) is 0. The Balaban J connectivity index is -0.000000226. The van der Waals surface area contributed by atoms with Gasteiger partial charge < -0.3 is 9.94 Å². The number of carbonyl (C=O) groups is 2. The van der Waals surface area contributed by atoms with E-state index in [1.165, 1.54) is 0 Å². The molecule has 136 valence electrons. The molecule has 0 rings (SSSR count). The first-order valence-electron chi connectivity index (χ1n) is 11.5. The summed E-state index contributed by atoms with van der Waals surface area (Å²) >= 11 is 0. The molecule has 0 aliphatic rings. The van der Waals surface area contributed by atoms with Crippen molar-refractivity contribution in [3.63, 3.8) is 0 Å². The minimum atomic E-state index is -3.05. The number of rotatable bonds is 2. The molecule has 0 aliphatic carbocycles. The smallest absolute Gasteiger partial charge is 0.308 e. The van der Waals surface area contributed by atoms with E-state index in [0.29, 0.717) is 12.0 Å². The van der Waals surface area contributed by atoms with E-state index in [2.05, 4.69) is 15.2 Å². The zero-order chi connectivity index (χ0) is 27.9. The van der Waals surface area contributed by atoms with E-state index in [1.54, 1.807) is 14.2 Å². The maximum Gasteiger partial charge on any atom is 0.308 e. The zero-order valence-corrected chi connectivity index (χ0v) is 14.3. The van der Waals surface area contributed by atoms with Crippen molar-refractivity contribution in [3.8, 4) is 0 Å².